The Kier molecular flexibility index (Phi) is 4.07. The smallest absolute Gasteiger partial charge is 0.241 e. The zero-order chi connectivity index (χ0) is 12.3. The zero-order valence-electron chi connectivity index (χ0n) is 9.82. The number of sulfonamides is 1. The number of aryl methyl sites for hydroxylation is 2. The molecule has 0 aromatic heterocycles. The SMILES string of the molecule is Cc1ccc(C)c(S(=O)(=O)NC(C)CN)c1. The Morgan fingerprint density at radius 3 is 2.56 bits per heavy atom. The Bertz CT molecular complexity index is 469. The van der Waals surface area contributed by atoms with E-state index in [0.29, 0.717) is 4.90 Å². The topological polar surface area (TPSA) is 72.2 Å². The van der Waals surface area contributed by atoms with Crippen molar-refractivity contribution in [1.29, 1.82) is 0 Å². The van der Waals surface area contributed by atoms with Crippen LogP contribution in [0.4, 0.5) is 0 Å². The van der Waals surface area contributed by atoms with Crippen molar-refractivity contribution in [3.63, 3.8) is 0 Å². The number of nitrogens with one attached hydrogen (secondary N) is 1. The van der Waals surface area contributed by atoms with Gasteiger partial charge in [-0.15, -0.1) is 0 Å². The fourth-order valence-corrected chi connectivity index (χ4v) is 2.96. The molecule has 0 radical (unpaired) electrons. The van der Waals surface area contributed by atoms with Gasteiger partial charge in [0.25, 0.3) is 0 Å². The molecule has 0 saturated heterocycles. The first-order chi connectivity index (χ1) is 7.36. The first-order valence-corrected chi connectivity index (χ1v) is 6.65. The first-order valence-electron chi connectivity index (χ1n) is 5.16. The lowest BCUT2D eigenvalue weighted by Crippen LogP contribution is -2.38. The van der Waals surface area contributed by atoms with Crippen LogP contribution in [0.2, 0.25) is 0 Å². The predicted molar refractivity (Wildman–Crippen MR) is 64.8 cm³/mol. The van der Waals surface area contributed by atoms with Crippen molar-refractivity contribution in [3.05, 3.63) is 29.3 Å². The molecule has 16 heavy (non-hydrogen) atoms. The summed E-state index contributed by atoms with van der Waals surface area (Å²) in [7, 11) is -3.45. The maximum Gasteiger partial charge on any atom is 0.241 e. The molecule has 5 heteroatoms. The highest BCUT2D eigenvalue weighted by molar-refractivity contribution is 7.89. The van der Waals surface area contributed by atoms with E-state index in [1.54, 1.807) is 26.0 Å². The van der Waals surface area contributed by atoms with Gasteiger partial charge in [-0.1, -0.05) is 12.1 Å². The molecule has 0 aliphatic carbocycles. The highest BCUT2D eigenvalue weighted by Gasteiger charge is 2.18. The third-order valence-electron chi connectivity index (χ3n) is 2.34. The fraction of sp³-hybridized carbons (Fsp3) is 0.455. The summed E-state index contributed by atoms with van der Waals surface area (Å²) in [5.74, 6) is 0. The van der Waals surface area contributed by atoms with Crippen LogP contribution in [0, 0.1) is 13.8 Å². The molecule has 0 bridgehead atoms. The third-order valence-corrected chi connectivity index (χ3v) is 4.07. The van der Waals surface area contributed by atoms with Gasteiger partial charge in [-0.25, -0.2) is 13.1 Å². The molecule has 0 heterocycles. The van der Waals surface area contributed by atoms with Gasteiger partial charge in [0.15, 0.2) is 0 Å². The molecular formula is C11H18N2O2S. The molecule has 0 fully saturated rings. The number of nitrogens with two attached hydrogens (primary N) is 1. The Labute approximate surface area is 96.9 Å². The van der Waals surface area contributed by atoms with Crippen LogP contribution in [0.5, 0.6) is 0 Å². The molecule has 3 N–H and O–H groups in total. The maximum absolute atomic E-state index is 12.0. The van der Waals surface area contributed by atoms with Gasteiger partial charge in [0.05, 0.1) is 4.90 Å². The molecule has 1 aromatic carbocycles. The van der Waals surface area contributed by atoms with Gasteiger partial charge in [-0.3, -0.25) is 0 Å². The van der Waals surface area contributed by atoms with Crippen molar-refractivity contribution in [2.45, 2.75) is 31.7 Å². The van der Waals surface area contributed by atoms with E-state index in [9.17, 15) is 8.42 Å². The van der Waals surface area contributed by atoms with Gasteiger partial charge in [-0.05, 0) is 38.0 Å². The van der Waals surface area contributed by atoms with Crippen molar-refractivity contribution in [1.82, 2.24) is 4.72 Å². The molecule has 1 atom stereocenters. The van der Waals surface area contributed by atoms with Crippen LogP contribution in [0.25, 0.3) is 0 Å². The van der Waals surface area contributed by atoms with Crippen LogP contribution >= 0.6 is 0 Å². The van der Waals surface area contributed by atoms with E-state index < -0.39 is 10.0 Å². The summed E-state index contributed by atoms with van der Waals surface area (Å²) < 4.78 is 26.6. The normalized spacial score (nSPS) is 13.8. The van der Waals surface area contributed by atoms with Gasteiger partial charge >= 0.3 is 0 Å². The number of hydrogen-bond acceptors (Lipinski definition) is 3. The molecule has 0 amide bonds. The Morgan fingerprint density at radius 1 is 1.38 bits per heavy atom. The predicted octanol–water partition coefficient (Wildman–Crippen LogP) is 0.929. The highest BCUT2D eigenvalue weighted by Crippen LogP contribution is 2.16. The summed E-state index contributed by atoms with van der Waals surface area (Å²) in [6.07, 6.45) is 0. The number of rotatable bonds is 4. The van der Waals surface area contributed by atoms with Gasteiger partial charge in [0.2, 0.25) is 10.0 Å². The fourth-order valence-electron chi connectivity index (χ4n) is 1.37. The Morgan fingerprint density at radius 2 is 2.00 bits per heavy atom. The van der Waals surface area contributed by atoms with Crippen LogP contribution in [-0.2, 0) is 10.0 Å². The second kappa shape index (κ2) is 4.95. The lowest BCUT2D eigenvalue weighted by Gasteiger charge is -2.14. The van der Waals surface area contributed by atoms with E-state index in [-0.39, 0.29) is 12.6 Å². The van der Waals surface area contributed by atoms with Crippen LogP contribution in [0.3, 0.4) is 0 Å². The van der Waals surface area contributed by atoms with Gasteiger partial charge in [0, 0.05) is 12.6 Å². The average molecular weight is 242 g/mol. The monoisotopic (exact) mass is 242 g/mol. The minimum Gasteiger partial charge on any atom is -0.329 e. The summed E-state index contributed by atoms with van der Waals surface area (Å²) in [5.41, 5.74) is 7.06. The third kappa shape index (κ3) is 3.04. The Balaban J connectivity index is 3.12. The second-order valence-corrected chi connectivity index (χ2v) is 5.71. The molecule has 0 aliphatic rings. The molecule has 0 aliphatic heterocycles. The van der Waals surface area contributed by atoms with Crippen LogP contribution in [-0.4, -0.2) is 21.0 Å². The number of hydrogen-bond donors (Lipinski definition) is 2. The van der Waals surface area contributed by atoms with Crippen molar-refractivity contribution < 1.29 is 8.42 Å². The van der Waals surface area contributed by atoms with Gasteiger partial charge < -0.3 is 5.73 Å². The molecule has 90 valence electrons. The van der Waals surface area contributed by atoms with E-state index in [2.05, 4.69) is 4.72 Å². The van der Waals surface area contributed by atoms with Crippen molar-refractivity contribution >= 4 is 10.0 Å². The molecule has 0 spiro atoms. The van der Waals surface area contributed by atoms with Crippen molar-refractivity contribution in [2.75, 3.05) is 6.54 Å². The van der Waals surface area contributed by atoms with Gasteiger partial charge in [0.1, 0.15) is 0 Å². The molecule has 1 unspecified atom stereocenters. The first kappa shape index (κ1) is 13.2. The summed E-state index contributed by atoms with van der Waals surface area (Å²) in [6, 6.07) is 5.10. The van der Waals surface area contributed by atoms with Crippen LogP contribution < -0.4 is 10.5 Å². The second-order valence-electron chi connectivity index (χ2n) is 4.03. The van der Waals surface area contributed by atoms with E-state index in [0.717, 1.165) is 11.1 Å². The van der Waals surface area contributed by atoms with E-state index in [1.165, 1.54) is 0 Å². The Hall–Kier alpha value is -0.910. The molecule has 1 rings (SSSR count). The quantitative estimate of drug-likeness (QED) is 0.825. The van der Waals surface area contributed by atoms with E-state index in [1.807, 2.05) is 13.0 Å². The minimum absolute atomic E-state index is 0.259. The molecule has 0 saturated carbocycles. The molecule has 4 nitrogen and oxygen atoms in total. The van der Waals surface area contributed by atoms with E-state index in [4.69, 9.17) is 5.73 Å². The standard InChI is InChI=1S/C11H18N2O2S/c1-8-4-5-9(2)11(6-8)16(14,15)13-10(3)7-12/h4-6,10,13H,7,12H2,1-3H3. The lowest BCUT2D eigenvalue weighted by molar-refractivity contribution is 0.562. The van der Waals surface area contributed by atoms with E-state index >= 15 is 0 Å². The maximum atomic E-state index is 12.0. The highest BCUT2D eigenvalue weighted by atomic mass is 32.2. The summed E-state index contributed by atoms with van der Waals surface area (Å²) >= 11 is 0. The largest absolute Gasteiger partial charge is 0.329 e. The minimum atomic E-state index is -3.45. The molecular weight excluding hydrogens is 224 g/mol. The van der Waals surface area contributed by atoms with Crippen molar-refractivity contribution in [2.24, 2.45) is 5.73 Å². The van der Waals surface area contributed by atoms with Gasteiger partial charge in [-0.2, -0.15) is 0 Å². The summed E-state index contributed by atoms with van der Waals surface area (Å²) in [4.78, 5) is 0.327. The lowest BCUT2D eigenvalue weighted by atomic mass is 10.2. The zero-order valence-corrected chi connectivity index (χ0v) is 10.6. The number of benzene rings is 1. The summed E-state index contributed by atoms with van der Waals surface area (Å²) in [5, 5.41) is 0. The van der Waals surface area contributed by atoms with Crippen LogP contribution in [0.15, 0.2) is 23.1 Å². The van der Waals surface area contributed by atoms with Crippen LogP contribution in [0.1, 0.15) is 18.1 Å². The molecule has 1 aromatic rings. The van der Waals surface area contributed by atoms with Crippen molar-refractivity contribution in [3.8, 4) is 0 Å². The average Bonchev–Trinajstić information content (AvgIpc) is 2.20. The summed E-state index contributed by atoms with van der Waals surface area (Å²) in [6.45, 7) is 5.67.